The van der Waals surface area contributed by atoms with Gasteiger partial charge in [0.1, 0.15) is 84.3 Å². The summed E-state index contributed by atoms with van der Waals surface area (Å²) in [6.45, 7) is 7.10. The zero-order valence-electron chi connectivity index (χ0n) is 70.5. The topological polar surface area (TPSA) is 756 Å². The molecule has 0 saturated carbocycles. The van der Waals surface area contributed by atoms with Crippen molar-refractivity contribution in [1.82, 2.24) is 90.0 Å². The lowest BCUT2D eigenvalue weighted by molar-refractivity contribution is -0.142. The molecule has 0 aromatic heterocycles. The first-order chi connectivity index (χ1) is 58.9. The van der Waals surface area contributed by atoms with Gasteiger partial charge >= 0.3 is 11.9 Å². The molecular weight excluding hydrogens is 1680 g/mol. The molecule has 16 amide bonds. The third kappa shape index (κ3) is 37.4. The van der Waals surface area contributed by atoms with Crippen LogP contribution in [-0.2, 0) is 99.1 Å². The number of nitrogens with two attached hydrogens (primary N) is 4. The Morgan fingerprint density at radius 3 is 1.32 bits per heavy atom. The summed E-state index contributed by atoms with van der Waals surface area (Å²) in [7, 11) is 0. The number of thiol groups is 2. The summed E-state index contributed by atoms with van der Waals surface area (Å²) in [5.41, 5.74) is 23.5. The third-order valence-electron chi connectivity index (χ3n) is 19.8. The minimum atomic E-state index is -1.93. The van der Waals surface area contributed by atoms with Crippen molar-refractivity contribution in [3.63, 3.8) is 0 Å². The first kappa shape index (κ1) is 107. The van der Waals surface area contributed by atoms with Gasteiger partial charge in [0.25, 0.3) is 0 Å². The summed E-state index contributed by atoms with van der Waals surface area (Å²) in [6, 6.07) is -7.96. The van der Waals surface area contributed by atoms with Gasteiger partial charge in [-0.05, 0) is 92.9 Å². The third-order valence-corrected chi connectivity index (χ3v) is 20.5. The van der Waals surface area contributed by atoms with E-state index in [-0.39, 0.29) is 69.7 Å². The van der Waals surface area contributed by atoms with E-state index < -0.39 is 284 Å². The Labute approximate surface area is 732 Å². The van der Waals surface area contributed by atoms with Crippen molar-refractivity contribution in [3.8, 4) is 5.75 Å². The molecule has 46 nitrogen and oxygen atoms in total. The number of guanidine groups is 2. The molecule has 0 spiro atoms. The largest absolute Gasteiger partial charge is 0.508 e. The van der Waals surface area contributed by atoms with Gasteiger partial charge in [-0.25, -0.2) is 4.79 Å². The zero-order valence-corrected chi connectivity index (χ0v) is 72.3. The molecule has 16 atom stereocenters. The Balaban J connectivity index is 1.75. The number of amides is 16. The Hall–Kier alpha value is -12.2. The molecule has 1 heterocycles. The number of phenols is 1. The van der Waals surface area contributed by atoms with Gasteiger partial charge in [0.05, 0.1) is 32.3 Å². The highest BCUT2D eigenvalue weighted by atomic mass is 32.1. The number of phenolic OH excluding ortho intramolecular Hbond substituents is 1. The Bertz CT molecular complexity index is 4080. The number of nitrogens with one attached hydrogen (secondary N) is 18. The normalized spacial score (nSPS) is 16.3. The van der Waals surface area contributed by atoms with Crippen LogP contribution >= 0.6 is 25.3 Å². The number of benzene rings is 2. The second kappa shape index (κ2) is 54.4. The smallest absolute Gasteiger partial charge is 0.326 e. The van der Waals surface area contributed by atoms with Crippen molar-refractivity contribution in [1.29, 1.82) is 10.8 Å². The molecule has 1 fully saturated rings. The Morgan fingerprint density at radius 1 is 0.464 bits per heavy atom. The van der Waals surface area contributed by atoms with Crippen LogP contribution in [-0.4, -0.2) is 290 Å². The van der Waals surface area contributed by atoms with Gasteiger partial charge in [-0.3, -0.25) is 92.3 Å². The van der Waals surface area contributed by atoms with E-state index in [2.05, 4.69) is 110 Å². The molecule has 2 aromatic rings. The number of carboxylic acids is 2. The first-order valence-electron chi connectivity index (χ1n) is 40.3. The molecule has 3 rings (SSSR count). The maximum absolute atomic E-state index is 14.4. The van der Waals surface area contributed by atoms with Crippen molar-refractivity contribution in [2.24, 2.45) is 40.7 Å². The number of aliphatic carboxylic acids is 2. The molecule has 6 unspecified atom stereocenters. The van der Waals surface area contributed by atoms with Gasteiger partial charge in [-0.2, -0.15) is 25.3 Å². The van der Waals surface area contributed by atoms with Crippen LogP contribution in [0.3, 0.4) is 0 Å². The molecule has 31 N–H and O–H groups in total. The van der Waals surface area contributed by atoms with Gasteiger partial charge in [0.15, 0.2) is 11.9 Å². The fourth-order valence-electron chi connectivity index (χ4n) is 12.6. The van der Waals surface area contributed by atoms with E-state index in [4.69, 9.17) is 33.8 Å². The van der Waals surface area contributed by atoms with Crippen molar-refractivity contribution < 1.29 is 112 Å². The summed E-state index contributed by atoms with van der Waals surface area (Å²) in [5, 5.41) is 104. The van der Waals surface area contributed by atoms with Crippen molar-refractivity contribution >= 4 is 144 Å². The molecule has 125 heavy (non-hydrogen) atoms. The predicted octanol–water partition coefficient (Wildman–Crippen LogP) is -8.51. The fraction of sp³-hybridized carbons (Fsp3) is 0.584. The van der Waals surface area contributed by atoms with Crippen LogP contribution in [0.1, 0.15) is 124 Å². The summed E-state index contributed by atoms with van der Waals surface area (Å²) in [4.78, 5) is 245. The van der Waals surface area contributed by atoms with E-state index in [1.165, 1.54) is 43.0 Å². The summed E-state index contributed by atoms with van der Waals surface area (Å²) in [5.74, 6) is -22.9. The lowest BCUT2D eigenvalue weighted by atomic mass is 9.95. The summed E-state index contributed by atoms with van der Waals surface area (Å²) in [6.07, 6.45) is -2.17. The van der Waals surface area contributed by atoms with Crippen LogP contribution in [0.4, 0.5) is 0 Å². The second-order valence-corrected chi connectivity index (χ2v) is 31.2. The van der Waals surface area contributed by atoms with E-state index in [9.17, 15) is 112 Å². The lowest BCUT2D eigenvalue weighted by Gasteiger charge is -2.34. The number of primary amides is 1. The van der Waals surface area contributed by atoms with Crippen LogP contribution in [0.25, 0.3) is 0 Å². The Kier molecular flexibility index (Phi) is 46.6. The number of hydrogen-bond donors (Lipinski definition) is 29. The average molecular weight is 1800 g/mol. The number of likely N-dealkylation sites (tertiary alicyclic amines) is 1. The first-order valence-corrected chi connectivity index (χ1v) is 41.6. The van der Waals surface area contributed by atoms with Gasteiger partial charge in [-0.1, -0.05) is 90.4 Å². The summed E-state index contributed by atoms with van der Waals surface area (Å²) < 4.78 is 0. The molecule has 1 aliphatic heterocycles. The maximum atomic E-state index is 14.4. The highest BCUT2D eigenvalue weighted by Gasteiger charge is 2.44. The van der Waals surface area contributed by atoms with E-state index in [0.29, 0.717) is 17.5 Å². The number of nitrogens with zero attached hydrogens (tertiary/aromatic N) is 1. The predicted molar refractivity (Wildman–Crippen MR) is 456 cm³/mol. The average Bonchev–Trinajstić information content (AvgIpc) is 1.66. The lowest BCUT2D eigenvalue weighted by Crippen LogP contribution is -2.62. The number of carbonyl (C=O) groups is 18. The summed E-state index contributed by atoms with van der Waals surface area (Å²) >= 11 is 8.34. The van der Waals surface area contributed by atoms with E-state index in [0.717, 1.165) is 0 Å². The standard InChI is InChI=1S/C77H121N23O23S2/c1-8-39(6)61(99-70(117)54(17-13-27-85-77(82)83)100-40(7)28-44(78)74(100)121)73(120)98-60(38(4)5)72(119)92-47(22-24-55(79)104)65(112)96-53(36-125)69(116)90-45(16-12-26-84-76(80)81)64(111)94-51(34-102)68(115)97-59(37(2)3)71(118)91-46(23-25-58(107)108)62(109)86-32-57(106)89-50(33-101)67(114)95-52(35-124)63(110)87-31-56(105)88-48(29-41-14-10-9-11-15-41)66(113)93-49(75(122)123)30-42-18-20-43(103)21-19-42/h9-11,14-15,18-21,37-40,44-54,59-61,101-103,124-125H,8,12-13,16-17,22-36,78H2,1-7H3,(H2,79,104)(H,86,109)(H,87,110)(H,88,105)(H,89,106)(H,90,116)(H,91,118)(H,92,119)(H,93,113)(H,94,111)(H,95,114)(H,96,112)(H,97,115)(H,98,120)(H,99,117)(H,107,108)(H,122,123)(H4,80,81,84)(H4,82,83,85)/t39-,40?,44?,45?,46-,47?,48-,49-,50?,51?,52-,53-,54-,59-,60-,61-/m0/s1. The zero-order chi connectivity index (χ0) is 94.1. The quantitative estimate of drug-likeness (QED) is 0.0127. The molecule has 1 saturated heterocycles. The van der Waals surface area contributed by atoms with Crippen LogP contribution < -0.4 is 108 Å². The maximum Gasteiger partial charge on any atom is 0.326 e. The molecule has 0 radical (unpaired) electrons. The number of rotatable bonds is 56. The van der Waals surface area contributed by atoms with Crippen LogP contribution in [0.15, 0.2) is 54.6 Å². The van der Waals surface area contributed by atoms with E-state index >= 15 is 0 Å². The molecule has 2 aromatic carbocycles. The van der Waals surface area contributed by atoms with Gasteiger partial charge in [0.2, 0.25) is 94.5 Å². The molecule has 0 bridgehead atoms. The number of aliphatic hydroxyl groups is 2. The van der Waals surface area contributed by atoms with E-state index in [1.54, 1.807) is 65.0 Å². The molecule has 694 valence electrons. The molecule has 48 heteroatoms. The number of hydrogen-bond acceptors (Lipinski definition) is 26. The molecular formula is C77H121N23O23S2. The monoisotopic (exact) mass is 1800 g/mol. The minimum absolute atomic E-state index is 0.0394. The van der Waals surface area contributed by atoms with Crippen LogP contribution in [0, 0.1) is 28.6 Å². The highest BCUT2D eigenvalue weighted by molar-refractivity contribution is 7.80. The number of carboxylic acid groups (broad SMARTS) is 2. The molecule has 0 aliphatic carbocycles. The second-order valence-electron chi connectivity index (χ2n) is 30.4. The van der Waals surface area contributed by atoms with Crippen LogP contribution in [0.2, 0.25) is 0 Å². The van der Waals surface area contributed by atoms with Crippen molar-refractivity contribution in [2.45, 2.75) is 216 Å². The van der Waals surface area contributed by atoms with Crippen LogP contribution in [0.5, 0.6) is 5.75 Å². The number of aliphatic hydroxyl groups excluding tert-OH is 2. The fourth-order valence-corrected chi connectivity index (χ4v) is 13.1. The van der Waals surface area contributed by atoms with Crippen molar-refractivity contribution in [2.75, 3.05) is 50.9 Å². The highest BCUT2D eigenvalue weighted by Crippen LogP contribution is 2.25. The number of aromatic hydroxyl groups is 1. The van der Waals surface area contributed by atoms with Crippen molar-refractivity contribution in [3.05, 3.63) is 65.7 Å². The van der Waals surface area contributed by atoms with E-state index in [1.807, 2.05) is 0 Å². The molecule has 1 aliphatic rings. The Morgan fingerprint density at radius 2 is 0.848 bits per heavy atom. The SMILES string of the molecule is CC[C@H](C)[C@H](NC(=O)[C@H](CCCNC(=N)N)N1C(=O)C(N)CC1C)C(=O)N[C@H](C(=O)NC(CCC(N)=O)C(=O)N[C@@H](CS)C(=O)NC(CCCNC(=N)N)C(=O)NC(CO)C(=O)N[C@H](C(=O)N[C@@H](CCC(=O)O)C(=O)NCC(=O)NC(CO)C(=O)N[C@@H](CS)C(=O)NCC(=O)N[C@@H](Cc1ccccc1)C(=O)N[C@@H](Cc1ccc(O)cc1)C(=O)O)C(C)C)C(C)C. The number of carbonyl (C=O) groups excluding carboxylic acids is 16. The van der Waals surface area contributed by atoms with Gasteiger partial charge in [-0.15, -0.1) is 0 Å². The van der Waals surface area contributed by atoms with Gasteiger partial charge in [0, 0.05) is 56.3 Å². The minimum Gasteiger partial charge on any atom is -0.508 e. The van der Waals surface area contributed by atoms with Gasteiger partial charge < -0.3 is 138 Å².